The maximum atomic E-state index is 12.5. The summed E-state index contributed by atoms with van der Waals surface area (Å²) in [5.74, 6) is 0.596. The van der Waals surface area contributed by atoms with Crippen LogP contribution in [-0.4, -0.2) is 60.3 Å². The van der Waals surface area contributed by atoms with Gasteiger partial charge in [0.05, 0.1) is 18.0 Å². The summed E-state index contributed by atoms with van der Waals surface area (Å²) in [5, 5.41) is 21.2. The van der Waals surface area contributed by atoms with Crippen molar-refractivity contribution in [1.82, 2.24) is 29.6 Å². The van der Waals surface area contributed by atoms with Gasteiger partial charge < -0.3 is 20.1 Å². The van der Waals surface area contributed by atoms with Gasteiger partial charge in [0.1, 0.15) is 16.4 Å². The Labute approximate surface area is 212 Å². The minimum Gasteiger partial charge on any atom is -0.472 e. The van der Waals surface area contributed by atoms with E-state index in [9.17, 15) is 9.90 Å². The molecule has 1 amide bonds. The van der Waals surface area contributed by atoms with E-state index in [0.717, 1.165) is 10.6 Å². The van der Waals surface area contributed by atoms with Gasteiger partial charge in [-0.2, -0.15) is 0 Å². The molecule has 1 unspecified atom stereocenters. The van der Waals surface area contributed by atoms with E-state index in [1.165, 1.54) is 11.3 Å². The second-order valence-electron chi connectivity index (χ2n) is 9.03. The van der Waals surface area contributed by atoms with Crippen molar-refractivity contribution in [2.45, 2.75) is 32.0 Å². The van der Waals surface area contributed by atoms with Gasteiger partial charge in [0.2, 0.25) is 5.95 Å². The lowest BCUT2D eigenvalue weighted by molar-refractivity contribution is -0.143. The number of likely N-dealkylation sites (tertiary alicyclic amines) is 1. The molecule has 1 aliphatic rings. The molecule has 0 bridgehead atoms. The number of benzene rings is 1. The highest BCUT2D eigenvalue weighted by molar-refractivity contribution is 7.13. The maximum Gasteiger partial charge on any atom is 0.258 e. The number of carbonyl (C=O) groups excluding carboxylic acids is 1. The Kier molecular flexibility index (Phi) is 6.19. The van der Waals surface area contributed by atoms with Crippen molar-refractivity contribution < 1.29 is 14.6 Å². The average molecular weight is 506 g/mol. The summed E-state index contributed by atoms with van der Waals surface area (Å²) in [6.07, 6.45) is 3.82. The number of aryl methyl sites for hydroxylation is 1. The maximum absolute atomic E-state index is 12.5. The molecule has 1 atom stereocenters. The molecule has 4 heterocycles. The van der Waals surface area contributed by atoms with Gasteiger partial charge in [-0.15, -0.1) is 16.4 Å². The topological polar surface area (TPSA) is 118 Å². The first-order valence-corrected chi connectivity index (χ1v) is 12.5. The summed E-state index contributed by atoms with van der Waals surface area (Å²) in [4.78, 5) is 27.8. The number of nitrogens with zero attached hydrogens (tertiary/aromatic N) is 6. The minimum atomic E-state index is -1.50. The second kappa shape index (κ2) is 9.32. The first kappa shape index (κ1) is 23.9. The summed E-state index contributed by atoms with van der Waals surface area (Å²) in [5.41, 5.74) is 1.94. The van der Waals surface area contributed by atoms with Crippen LogP contribution in [0, 0.1) is 0 Å². The molecular formula is C25H27N7O3S. The third-order valence-corrected chi connectivity index (χ3v) is 6.80. The van der Waals surface area contributed by atoms with Gasteiger partial charge in [0.15, 0.2) is 5.60 Å². The number of anilines is 2. The van der Waals surface area contributed by atoms with Crippen LogP contribution in [-0.2, 0) is 17.4 Å². The van der Waals surface area contributed by atoms with Crippen LogP contribution >= 0.6 is 11.3 Å². The summed E-state index contributed by atoms with van der Waals surface area (Å²) >= 11 is 1.47. The Morgan fingerprint density at radius 2 is 2.03 bits per heavy atom. The van der Waals surface area contributed by atoms with Crippen molar-refractivity contribution >= 4 is 28.9 Å². The fourth-order valence-corrected chi connectivity index (χ4v) is 4.91. The number of rotatable bonds is 7. The van der Waals surface area contributed by atoms with Crippen LogP contribution in [0.25, 0.3) is 22.0 Å². The zero-order valence-electron chi connectivity index (χ0n) is 20.5. The van der Waals surface area contributed by atoms with Crippen LogP contribution in [0.4, 0.5) is 11.6 Å². The number of nitrogens with one attached hydrogen (secondary N) is 1. The van der Waals surface area contributed by atoms with Gasteiger partial charge in [-0.3, -0.25) is 9.48 Å². The van der Waals surface area contributed by atoms with E-state index in [0.29, 0.717) is 47.4 Å². The molecule has 0 saturated carbocycles. The third kappa shape index (κ3) is 4.54. The fraction of sp³-hybridized carbons (Fsp3) is 0.320. The highest BCUT2D eigenvalue weighted by Crippen LogP contribution is 2.36. The summed E-state index contributed by atoms with van der Waals surface area (Å²) in [7, 11) is 3.52. The predicted octanol–water partition coefficient (Wildman–Crippen LogP) is 3.58. The van der Waals surface area contributed by atoms with Crippen molar-refractivity contribution in [3.05, 3.63) is 53.7 Å². The smallest absolute Gasteiger partial charge is 0.258 e. The summed E-state index contributed by atoms with van der Waals surface area (Å²) < 4.78 is 7.43. The number of ether oxygens (including phenoxy) is 1. The van der Waals surface area contributed by atoms with E-state index < -0.39 is 5.60 Å². The lowest BCUT2D eigenvalue weighted by atomic mass is 9.91. The van der Waals surface area contributed by atoms with Crippen LogP contribution in [0.3, 0.4) is 0 Å². The van der Waals surface area contributed by atoms with E-state index in [1.807, 2.05) is 50.7 Å². The van der Waals surface area contributed by atoms with Gasteiger partial charge >= 0.3 is 0 Å². The summed E-state index contributed by atoms with van der Waals surface area (Å²) in [6, 6.07) is 9.18. The van der Waals surface area contributed by atoms with Gasteiger partial charge in [0, 0.05) is 44.2 Å². The molecule has 11 heteroatoms. The standard InChI is InChI=1S/C25H27N7O3S/c1-15(2)35-21-19(13-32(4)30-21)29-24-26-10-8-18(28-24)20-14-36-22(27-20)16-6-5-7-17(12-16)25(34)9-11-31(3)23(25)33/h5-8,10,12-15,34H,9,11H2,1-4H3,(H,26,28,29). The largest absolute Gasteiger partial charge is 0.472 e. The predicted molar refractivity (Wildman–Crippen MR) is 137 cm³/mol. The Morgan fingerprint density at radius 3 is 2.78 bits per heavy atom. The molecule has 10 nitrogen and oxygen atoms in total. The van der Waals surface area contributed by atoms with Crippen LogP contribution in [0.2, 0.25) is 0 Å². The minimum absolute atomic E-state index is 0.0203. The number of amides is 1. The number of likely N-dealkylation sites (N-methyl/N-ethyl adjacent to an activating group) is 1. The van der Waals surface area contributed by atoms with E-state index >= 15 is 0 Å². The molecule has 186 valence electrons. The first-order valence-electron chi connectivity index (χ1n) is 11.6. The monoisotopic (exact) mass is 505 g/mol. The second-order valence-corrected chi connectivity index (χ2v) is 9.89. The SMILES string of the molecule is CC(C)Oc1nn(C)cc1Nc1nccc(-c2csc(-c3cccc(C4(O)CCN(C)C4=O)c3)n2)n1. The quantitative estimate of drug-likeness (QED) is 0.391. The zero-order chi connectivity index (χ0) is 25.4. The molecule has 1 aliphatic heterocycles. The number of thiazole rings is 1. The Balaban J connectivity index is 1.39. The lowest BCUT2D eigenvalue weighted by Crippen LogP contribution is -2.36. The molecule has 1 aromatic carbocycles. The number of carbonyl (C=O) groups is 1. The molecule has 4 aromatic rings. The van der Waals surface area contributed by atoms with Crippen molar-refractivity contribution in [2.75, 3.05) is 18.9 Å². The molecule has 3 aromatic heterocycles. The Hall–Kier alpha value is -3.83. The van der Waals surface area contributed by atoms with Crippen LogP contribution in [0.5, 0.6) is 5.88 Å². The van der Waals surface area contributed by atoms with Crippen molar-refractivity contribution in [3.63, 3.8) is 0 Å². The van der Waals surface area contributed by atoms with Gasteiger partial charge in [-0.05, 0) is 31.5 Å². The van der Waals surface area contributed by atoms with Crippen molar-refractivity contribution in [2.24, 2.45) is 7.05 Å². The molecule has 1 fully saturated rings. The normalized spacial score (nSPS) is 17.7. The molecule has 36 heavy (non-hydrogen) atoms. The van der Waals surface area contributed by atoms with Gasteiger partial charge in [0.25, 0.3) is 11.8 Å². The average Bonchev–Trinajstić information content (AvgIpc) is 3.55. The van der Waals surface area contributed by atoms with Crippen LogP contribution in [0.1, 0.15) is 25.8 Å². The zero-order valence-corrected chi connectivity index (χ0v) is 21.3. The molecular weight excluding hydrogens is 478 g/mol. The molecule has 0 spiro atoms. The highest BCUT2D eigenvalue weighted by atomic mass is 32.1. The number of hydrogen-bond acceptors (Lipinski definition) is 9. The number of hydrogen-bond donors (Lipinski definition) is 2. The fourth-order valence-electron chi connectivity index (χ4n) is 4.10. The molecule has 5 rings (SSSR count). The third-order valence-electron chi connectivity index (χ3n) is 5.91. The molecule has 0 aliphatic carbocycles. The van der Waals surface area contributed by atoms with Gasteiger partial charge in [-0.25, -0.2) is 15.0 Å². The first-order chi connectivity index (χ1) is 17.2. The van der Waals surface area contributed by atoms with Gasteiger partial charge in [-0.1, -0.05) is 18.2 Å². The lowest BCUT2D eigenvalue weighted by Gasteiger charge is -2.21. The Morgan fingerprint density at radius 1 is 1.19 bits per heavy atom. The van der Waals surface area contributed by atoms with E-state index in [4.69, 9.17) is 9.72 Å². The van der Waals surface area contributed by atoms with Crippen molar-refractivity contribution in [1.29, 1.82) is 0 Å². The molecule has 2 N–H and O–H groups in total. The molecule has 0 radical (unpaired) electrons. The number of aromatic nitrogens is 5. The van der Waals surface area contributed by atoms with Crippen LogP contribution < -0.4 is 10.1 Å². The van der Waals surface area contributed by atoms with E-state index in [1.54, 1.807) is 35.0 Å². The number of aliphatic hydroxyl groups is 1. The van der Waals surface area contributed by atoms with Crippen LogP contribution in [0.15, 0.2) is 48.1 Å². The van der Waals surface area contributed by atoms with Crippen molar-refractivity contribution in [3.8, 4) is 27.8 Å². The molecule has 1 saturated heterocycles. The van der Waals surface area contributed by atoms with E-state index in [2.05, 4.69) is 20.4 Å². The Bertz CT molecular complexity index is 1420. The summed E-state index contributed by atoms with van der Waals surface area (Å²) in [6.45, 7) is 4.40. The highest BCUT2D eigenvalue weighted by Gasteiger charge is 2.45. The van der Waals surface area contributed by atoms with E-state index in [-0.39, 0.29) is 12.0 Å².